The van der Waals surface area contributed by atoms with Crippen LogP contribution in [0.4, 0.5) is 5.69 Å². The van der Waals surface area contributed by atoms with E-state index in [2.05, 4.69) is 43.0 Å². The van der Waals surface area contributed by atoms with Gasteiger partial charge in [0.25, 0.3) is 0 Å². The first-order valence-corrected chi connectivity index (χ1v) is 6.31. The predicted molar refractivity (Wildman–Crippen MR) is 69.7 cm³/mol. The minimum Gasteiger partial charge on any atom is -0.371 e. The molecule has 1 aliphatic heterocycles. The fourth-order valence-electron chi connectivity index (χ4n) is 2.35. The fourth-order valence-corrected chi connectivity index (χ4v) is 2.35. The summed E-state index contributed by atoms with van der Waals surface area (Å²) in [6.07, 6.45) is 2.32. The maximum absolute atomic E-state index is 6.15. The molecule has 0 saturated carbocycles. The second kappa shape index (κ2) is 4.88. The monoisotopic (exact) mass is 218 g/mol. The summed E-state index contributed by atoms with van der Waals surface area (Å²) in [4.78, 5) is 2.49. The van der Waals surface area contributed by atoms with Crippen LogP contribution < -0.4 is 10.6 Å². The van der Waals surface area contributed by atoms with Crippen molar-refractivity contribution in [2.75, 3.05) is 18.0 Å². The Balaban J connectivity index is 2.21. The van der Waals surface area contributed by atoms with Gasteiger partial charge in [-0.25, -0.2) is 0 Å². The Bertz CT molecular complexity index is 348. The number of benzene rings is 1. The highest BCUT2D eigenvalue weighted by atomic mass is 15.1. The van der Waals surface area contributed by atoms with Crippen molar-refractivity contribution >= 4 is 5.69 Å². The number of para-hydroxylation sites is 1. The Labute approximate surface area is 98.4 Å². The second-order valence-electron chi connectivity index (χ2n) is 4.91. The van der Waals surface area contributed by atoms with Gasteiger partial charge < -0.3 is 10.6 Å². The summed E-state index contributed by atoms with van der Waals surface area (Å²) in [6.45, 7) is 6.83. The van der Waals surface area contributed by atoms with Gasteiger partial charge in [0.05, 0.1) is 0 Å². The maximum atomic E-state index is 6.15. The number of anilines is 1. The van der Waals surface area contributed by atoms with Crippen LogP contribution in [0.1, 0.15) is 38.3 Å². The molecule has 0 fully saturated rings. The molecule has 88 valence electrons. The van der Waals surface area contributed by atoms with Crippen LogP contribution in [0.2, 0.25) is 0 Å². The fraction of sp³-hybridized carbons (Fsp3) is 0.571. The van der Waals surface area contributed by atoms with Crippen LogP contribution in [0.3, 0.4) is 0 Å². The Morgan fingerprint density at radius 1 is 1.44 bits per heavy atom. The van der Waals surface area contributed by atoms with E-state index < -0.39 is 0 Å². The molecule has 0 aromatic heterocycles. The van der Waals surface area contributed by atoms with Gasteiger partial charge in [0.2, 0.25) is 0 Å². The van der Waals surface area contributed by atoms with E-state index in [4.69, 9.17) is 5.73 Å². The zero-order chi connectivity index (χ0) is 11.5. The molecule has 2 rings (SSSR count). The minimum atomic E-state index is 0.226. The number of hydrogen-bond donors (Lipinski definition) is 1. The quantitative estimate of drug-likeness (QED) is 0.845. The summed E-state index contributed by atoms with van der Waals surface area (Å²) in [5.74, 6) is 0.752. The second-order valence-corrected chi connectivity index (χ2v) is 4.91. The zero-order valence-corrected chi connectivity index (χ0v) is 10.3. The first kappa shape index (κ1) is 11.5. The minimum absolute atomic E-state index is 0.226. The molecule has 0 radical (unpaired) electrons. The lowest BCUT2D eigenvalue weighted by Crippen LogP contribution is -2.36. The SMILES string of the molecule is CCC(C)CN1CCC(N)c2ccccc21. The Kier molecular flexibility index (Phi) is 3.49. The summed E-state index contributed by atoms with van der Waals surface area (Å²) >= 11 is 0. The smallest absolute Gasteiger partial charge is 0.0414 e. The van der Waals surface area contributed by atoms with Gasteiger partial charge in [-0.05, 0) is 24.0 Å². The molecule has 0 bridgehead atoms. The normalized spacial score (nSPS) is 21.7. The van der Waals surface area contributed by atoms with E-state index >= 15 is 0 Å². The Morgan fingerprint density at radius 2 is 2.19 bits per heavy atom. The molecule has 0 aliphatic carbocycles. The molecular formula is C14H22N2. The average molecular weight is 218 g/mol. The molecule has 2 nitrogen and oxygen atoms in total. The Hall–Kier alpha value is -1.02. The van der Waals surface area contributed by atoms with E-state index in [9.17, 15) is 0 Å². The van der Waals surface area contributed by atoms with Crippen molar-refractivity contribution in [1.82, 2.24) is 0 Å². The van der Waals surface area contributed by atoms with Crippen molar-refractivity contribution in [3.8, 4) is 0 Å². The number of hydrogen-bond acceptors (Lipinski definition) is 2. The van der Waals surface area contributed by atoms with Crippen LogP contribution in [0.5, 0.6) is 0 Å². The highest BCUT2D eigenvalue weighted by Gasteiger charge is 2.22. The van der Waals surface area contributed by atoms with Gasteiger partial charge in [-0.2, -0.15) is 0 Å². The first-order chi connectivity index (χ1) is 7.72. The van der Waals surface area contributed by atoms with E-state index in [1.54, 1.807) is 0 Å². The van der Waals surface area contributed by atoms with Crippen LogP contribution in [0.25, 0.3) is 0 Å². The van der Waals surface area contributed by atoms with Crippen LogP contribution in [0.15, 0.2) is 24.3 Å². The standard InChI is InChI=1S/C14H22N2/c1-3-11(2)10-16-9-8-13(15)12-6-4-5-7-14(12)16/h4-7,11,13H,3,8-10,15H2,1-2H3. The highest BCUT2D eigenvalue weighted by Crippen LogP contribution is 2.32. The van der Waals surface area contributed by atoms with Crippen molar-refractivity contribution in [3.05, 3.63) is 29.8 Å². The van der Waals surface area contributed by atoms with Crippen molar-refractivity contribution in [1.29, 1.82) is 0 Å². The molecule has 2 N–H and O–H groups in total. The summed E-state index contributed by atoms with van der Waals surface area (Å²) in [5, 5.41) is 0. The molecule has 0 spiro atoms. The highest BCUT2D eigenvalue weighted by molar-refractivity contribution is 5.56. The molecule has 1 aromatic carbocycles. The van der Waals surface area contributed by atoms with Gasteiger partial charge in [-0.1, -0.05) is 38.5 Å². The number of fused-ring (bicyclic) bond motifs is 1. The predicted octanol–water partition coefficient (Wildman–Crippen LogP) is 2.94. The van der Waals surface area contributed by atoms with Crippen LogP contribution >= 0.6 is 0 Å². The number of nitrogens with zero attached hydrogens (tertiary/aromatic N) is 1. The van der Waals surface area contributed by atoms with E-state index in [1.165, 1.54) is 17.7 Å². The van der Waals surface area contributed by atoms with E-state index in [0.717, 1.165) is 25.4 Å². The van der Waals surface area contributed by atoms with E-state index in [0.29, 0.717) is 0 Å². The Morgan fingerprint density at radius 3 is 2.94 bits per heavy atom. The lowest BCUT2D eigenvalue weighted by atomic mass is 9.96. The number of rotatable bonds is 3. The number of nitrogens with two attached hydrogens (primary N) is 1. The molecule has 16 heavy (non-hydrogen) atoms. The lowest BCUT2D eigenvalue weighted by Gasteiger charge is -2.35. The molecule has 0 amide bonds. The molecule has 2 atom stereocenters. The van der Waals surface area contributed by atoms with Crippen molar-refractivity contribution < 1.29 is 0 Å². The van der Waals surface area contributed by atoms with Gasteiger partial charge in [-0.15, -0.1) is 0 Å². The lowest BCUT2D eigenvalue weighted by molar-refractivity contribution is 0.509. The first-order valence-electron chi connectivity index (χ1n) is 6.31. The summed E-state index contributed by atoms with van der Waals surface area (Å²) in [7, 11) is 0. The van der Waals surface area contributed by atoms with Gasteiger partial charge in [-0.3, -0.25) is 0 Å². The average Bonchev–Trinajstić information content (AvgIpc) is 2.33. The third-order valence-corrected chi connectivity index (χ3v) is 3.62. The van der Waals surface area contributed by atoms with E-state index in [-0.39, 0.29) is 6.04 Å². The molecule has 2 unspecified atom stereocenters. The van der Waals surface area contributed by atoms with Crippen molar-refractivity contribution in [2.45, 2.75) is 32.7 Å². The molecule has 0 saturated heterocycles. The zero-order valence-electron chi connectivity index (χ0n) is 10.3. The molecule has 2 heteroatoms. The van der Waals surface area contributed by atoms with E-state index in [1.807, 2.05) is 0 Å². The van der Waals surface area contributed by atoms with Gasteiger partial charge in [0.15, 0.2) is 0 Å². The van der Waals surface area contributed by atoms with Crippen molar-refractivity contribution in [2.24, 2.45) is 11.7 Å². The van der Waals surface area contributed by atoms with Gasteiger partial charge >= 0.3 is 0 Å². The van der Waals surface area contributed by atoms with Gasteiger partial charge in [0.1, 0.15) is 0 Å². The van der Waals surface area contributed by atoms with Crippen molar-refractivity contribution in [3.63, 3.8) is 0 Å². The van der Waals surface area contributed by atoms with Crippen LogP contribution in [-0.4, -0.2) is 13.1 Å². The topological polar surface area (TPSA) is 29.3 Å². The third kappa shape index (κ3) is 2.22. The molecule has 1 heterocycles. The summed E-state index contributed by atoms with van der Waals surface area (Å²) in [6, 6.07) is 8.80. The largest absolute Gasteiger partial charge is 0.371 e. The third-order valence-electron chi connectivity index (χ3n) is 3.62. The van der Waals surface area contributed by atoms with Gasteiger partial charge in [0, 0.05) is 24.8 Å². The van der Waals surface area contributed by atoms with Crippen LogP contribution in [-0.2, 0) is 0 Å². The molecule has 1 aliphatic rings. The molecular weight excluding hydrogens is 196 g/mol. The molecule has 1 aromatic rings. The van der Waals surface area contributed by atoms with Crippen LogP contribution in [0, 0.1) is 5.92 Å². The maximum Gasteiger partial charge on any atom is 0.0414 e. The summed E-state index contributed by atoms with van der Waals surface area (Å²) in [5.41, 5.74) is 8.81. The summed E-state index contributed by atoms with van der Waals surface area (Å²) < 4.78 is 0.